The first kappa shape index (κ1) is 17.5. The highest BCUT2D eigenvalue weighted by Crippen LogP contribution is 2.20. The Bertz CT molecular complexity index is 1010. The van der Waals surface area contributed by atoms with Gasteiger partial charge >= 0.3 is 0 Å². The third-order valence-corrected chi connectivity index (χ3v) is 5.24. The summed E-state index contributed by atoms with van der Waals surface area (Å²) in [6, 6.07) is 25.9. The topological polar surface area (TPSA) is 28.7 Å². The number of rotatable bonds is 7. The average Bonchev–Trinajstić information content (AvgIpc) is 3.05. The largest absolute Gasteiger partial charge is 0.346 e. The van der Waals surface area contributed by atoms with Gasteiger partial charge in [-0.2, -0.15) is 0 Å². The van der Waals surface area contributed by atoms with Crippen LogP contribution in [-0.2, 0) is 19.3 Å². The molecule has 27 heavy (non-hydrogen) atoms. The average molecular weight is 354 g/mol. The lowest BCUT2D eigenvalue weighted by Gasteiger charge is -2.06. The zero-order valence-electron chi connectivity index (χ0n) is 15.9. The number of hydrogen-bond donors (Lipinski definition) is 1. The number of aromatic amines is 1. The predicted molar refractivity (Wildman–Crippen MR) is 113 cm³/mol. The quantitative estimate of drug-likeness (QED) is 0.403. The summed E-state index contributed by atoms with van der Waals surface area (Å²) in [6.45, 7) is 2.13. The number of benzene rings is 3. The van der Waals surface area contributed by atoms with Gasteiger partial charge in [-0.1, -0.05) is 72.8 Å². The molecule has 1 heterocycles. The molecule has 0 atom stereocenters. The Morgan fingerprint density at radius 1 is 0.778 bits per heavy atom. The summed E-state index contributed by atoms with van der Waals surface area (Å²) < 4.78 is 0. The lowest BCUT2D eigenvalue weighted by Crippen LogP contribution is -1.93. The standard InChI is InChI=1S/C25H26N2/c1-19-24(18-20-10-3-2-4-11-20)27-25(26-19)17-8-6-13-22-15-9-14-21-12-5-7-16-23(21)22/h2-5,7,9-12,14-16H,6,8,13,17-18H2,1H3,(H,26,27). The summed E-state index contributed by atoms with van der Waals surface area (Å²) in [5.74, 6) is 1.12. The van der Waals surface area contributed by atoms with Crippen molar-refractivity contribution >= 4 is 10.8 Å². The van der Waals surface area contributed by atoms with E-state index in [-0.39, 0.29) is 0 Å². The van der Waals surface area contributed by atoms with Crippen molar-refractivity contribution in [2.24, 2.45) is 0 Å². The highest BCUT2D eigenvalue weighted by atomic mass is 14.9. The van der Waals surface area contributed by atoms with Gasteiger partial charge in [-0.15, -0.1) is 0 Å². The smallest absolute Gasteiger partial charge is 0.106 e. The minimum atomic E-state index is 0.902. The van der Waals surface area contributed by atoms with Crippen LogP contribution in [0.15, 0.2) is 72.8 Å². The van der Waals surface area contributed by atoms with E-state index >= 15 is 0 Å². The molecule has 0 aliphatic rings. The van der Waals surface area contributed by atoms with Gasteiger partial charge in [-0.3, -0.25) is 0 Å². The number of nitrogens with zero attached hydrogens (tertiary/aromatic N) is 1. The van der Waals surface area contributed by atoms with Crippen molar-refractivity contribution in [1.82, 2.24) is 9.97 Å². The van der Waals surface area contributed by atoms with Crippen LogP contribution in [0.4, 0.5) is 0 Å². The molecular weight excluding hydrogens is 328 g/mol. The van der Waals surface area contributed by atoms with Crippen LogP contribution in [-0.4, -0.2) is 9.97 Å². The van der Waals surface area contributed by atoms with Crippen molar-refractivity contribution in [2.45, 2.75) is 39.0 Å². The number of fused-ring (bicyclic) bond motifs is 1. The van der Waals surface area contributed by atoms with Crippen LogP contribution in [0, 0.1) is 6.92 Å². The second kappa shape index (κ2) is 8.22. The van der Waals surface area contributed by atoms with E-state index in [4.69, 9.17) is 4.98 Å². The summed E-state index contributed by atoms with van der Waals surface area (Å²) in [5, 5.41) is 2.72. The van der Waals surface area contributed by atoms with E-state index in [1.54, 1.807) is 0 Å². The minimum Gasteiger partial charge on any atom is -0.346 e. The Morgan fingerprint density at radius 2 is 1.52 bits per heavy atom. The molecule has 0 bridgehead atoms. The second-order valence-corrected chi connectivity index (χ2v) is 7.26. The molecule has 2 nitrogen and oxygen atoms in total. The molecule has 0 aliphatic carbocycles. The van der Waals surface area contributed by atoms with Gasteiger partial charge in [0.15, 0.2) is 0 Å². The molecule has 3 aromatic carbocycles. The molecule has 2 heteroatoms. The van der Waals surface area contributed by atoms with Gasteiger partial charge in [-0.05, 0) is 48.1 Å². The van der Waals surface area contributed by atoms with Gasteiger partial charge in [0.1, 0.15) is 5.82 Å². The van der Waals surface area contributed by atoms with Gasteiger partial charge in [-0.25, -0.2) is 4.98 Å². The Labute approximate surface area is 161 Å². The Hall–Kier alpha value is -2.87. The van der Waals surface area contributed by atoms with Gasteiger partial charge in [0.2, 0.25) is 0 Å². The lowest BCUT2D eigenvalue weighted by molar-refractivity contribution is 0.713. The third-order valence-electron chi connectivity index (χ3n) is 5.24. The number of unbranched alkanes of at least 4 members (excludes halogenated alkanes) is 1. The molecule has 4 aromatic rings. The van der Waals surface area contributed by atoms with Crippen LogP contribution in [0.5, 0.6) is 0 Å². The molecule has 1 N–H and O–H groups in total. The number of aryl methyl sites for hydroxylation is 3. The van der Waals surface area contributed by atoms with Gasteiger partial charge in [0.25, 0.3) is 0 Å². The SMILES string of the molecule is Cc1[nH]c(CCCCc2cccc3ccccc23)nc1Cc1ccccc1. The summed E-state index contributed by atoms with van der Waals surface area (Å²) in [4.78, 5) is 8.33. The summed E-state index contributed by atoms with van der Waals surface area (Å²) in [5.41, 5.74) is 5.14. The molecular formula is C25H26N2. The number of nitrogens with one attached hydrogen (secondary N) is 1. The van der Waals surface area contributed by atoms with Crippen molar-refractivity contribution in [3.63, 3.8) is 0 Å². The maximum absolute atomic E-state index is 4.84. The molecule has 0 saturated carbocycles. The summed E-state index contributed by atoms with van der Waals surface area (Å²) in [6.07, 6.45) is 5.38. The summed E-state index contributed by atoms with van der Waals surface area (Å²) in [7, 11) is 0. The minimum absolute atomic E-state index is 0.902. The molecule has 0 saturated heterocycles. The van der Waals surface area contributed by atoms with Crippen LogP contribution in [0.1, 0.15) is 41.2 Å². The zero-order valence-corrected chi connectivity index (χ0v) is 15.9. The summed E-state index contributed by atoms with van der Waals surface area (Å²) >= 11 is 0. The number of H-pyrrole nitrogens is 1. The molecule has 0 radical (unpaired) electrons. The van der Waals surface area contributed by atoms with Crippen LogP contribution < -0.4 is 0 Å². The molecule has 0 aliphatic heterocycles. The molecule has 0 amide bonds. The Morgan fingerprint density at radius 3 is 2.41 bits per heavy atom. The fourth-order valence-corrected chi connectivity index (χ4v) is 3.76. The first-order chi connectivity index (χ1) is 13.3. The van der Waals surface area contributed by atoms with Crippen LogP contribution in [0.25, 0.3) is 10.8 Å². The normalized spacial score (nSPS) is 11.1. The van der Waals surface area contributed by atoms with E-state index in [1.165, 1.54) is 39.7 Å². The van der Waals surface area contributed by atoms with E-state index in [0.29, 0.717) is 0 Å². The zero-order chi connectivity index (χ0) is 18.5. The van der Waals surface area contributed by atoms with Crippen molar-refractivity contribution < 1.29 is 0 Å². The van der Waals surface area contributed by atoms with E-state index in [0.717, 1.165) is 31.5 Å². The first-order valence-electron chi connectivity index (χ1n) is 9.84. The van der Waals surface area contributed by atoms with E-state index in [1.807, 2.05) is 0 Å². The van der Waals surface area contributed by atoms with E-state index in [2.05, 4.69) is 84.7 Å². The second-order valence-electron chi connectivity index (χ2n) is 7.26. The molecule has 0 spiro atoms. The molecule has 1 aromatic heterocycles. The number of aromatic nitrogens is 2. The van der Waals surface area contributed by atoms with E-state index in [9.17, 15) is 0 Å². The number of imidazole rings is 1. The van der Waals surface area contributed by atoms with Crippen molar-refractivity contribution in [3.05, 3.63) is 101 Å². The van der Waals surface area contributed by atoms with Crippen molar-refractivity contribution in [2.75, 3.05) is 0 Å². The predicted octanol–water partition coefficient (Wildman–Crippen LogP) is 6.03. The van der Waals surface area contributed by atoms with Gasteiger partial charge in [0.05, 0.1) is 5.69 Å². The highest BCUT2D eigenvalue weighted by molar-refractivity contribution is 5.85. The van der Waals surface area contributed by atoms with Crippen molar-refractivity contribution in [3.8, 4) is 0 Å². The Kier molecular flexibility index (Phi) is 5.34. The maximum atomic E-state index is 4.84. The molecule has 0 fully saturated rings. The fourth-order valence-electron chi connectivity index (χ4n) is 3.76. The lowest BCUT2D eigenvalue weighted by atomic mass is 10.00. The van der Waals surface area contributed by atoms with Crippen LogP contribution in [0.2, 0.25) is 0 Å². The van der Waals surface area contributed by atoms with Crippen LogP contribution >= 0.6 is 0 Å². The van der Waals surface area contributed by atoms with Gasteiger partial charge in [0, 0.05) is 18.5 Å². The Balaban J connectivity index is 1.33. The highest BCUT2D eigenvalue weighted by Gasteiger charge is 2.08. The molecule has 136 valence electrons. The van der Waals surface area contributed by atoms with Crippen molar-refractivity contribution in [1.29, 1.82) is 0 Å². The first-order valence-corrected chi connectivity index (χ1v) is 9.84. The van der Waals surface area contributed by atoms with E-state index < -0.39 is 0 Å². The molecule has 4 rings (SSSR count). The fraction of sp³-hybridized carbons (Fsp3) is 0.240. The molecule has 0 unspecified atom stereocenters. The number of hydrogen-bond acceptors (Lipinski definition) is 1. The maximum Gasteiger partial charge on any atom is 0.106 e. The third kappa shape index (κ3) is 4.28. The monoisotopic (exact) mass is 354 g/mol. The van der Waals surface area contributed by atoms with Crippen LogP contribution in [0.3, 0.4) is 0 Å². The van der Waals surface area contributed by atoms with Gasteiger partial charge < -0.3 is 4.98 Å².